The number of anilines is 1. The average Bonchev–Trinajstić information content (AvgIpc) is 2.48. The van der Waals surface area contributed by atoms with Gasteiger partial charge in [0, 0.05) is 12.2 Å². The third-order valence-corrected chi connectivity index (χ3v) is 2.86. The molecule has 1 aromatic heterocycles. The van der Waals surface area contributed by atoms with Gasteiger partial charge in [0.25, 0.3) is 0 Å². The number of nitrogens with one attached hydrogen (secondary N) is 1. The number of carbonyl (C=O) groups is 1. The molecule has 5 heteroatoms. The lowest BCUT2D eigenvalue weighted by Crippen LogP contribution is -2.10. The fraction of sp³-hybridized carbons (Fsp3) is 0.500. The number of thioether (sulfide) groups is 1. The molecule has 1 rings (SSSR count). The van der Waals surface area contributed by atoms with Crippen molar-refractivity contribution in [2.75, 3.05) is 17.3 Å². The Balaban J connectivity index is 2.36. The van der Waals surface area contributed by atoms with E-state index in [1.165, 1.54) is 11.3 Å². The van der Waals surface area contributed by atoms with Crippen LogP contribution < -0.4 is 5.32 Å². The minimum atomic E-state index is 0.0676. The second-order valence-corrected chi connectivity index (χ2v) is 4.75. The highest BCUT2D eigenvalue weighted by Gasteiger charge is 2.03. The predicted molar refractivity (Wildman–Crippen MR) is 58.5 cm³/mol. The Hall–Kier alpha value is -0.550. The van der Waals surface area contributed by atoms with Crippen molar-refractivity contribution >= 4 is 34.0 Å². The molecule has 0 aromatic carbocycles. The topological polar surface area (TPSA) is 42.0 Å². The highest BCUT2D eigenvalue weighted by molar-refractivity contribution is 7.98. The summed E-state index contributed by atoms with van der Waals surface area (Å²) in [6, 6.07) is 0. The zero-order valence-corrected chi connectivity index (χ0v) is 9.30. The molecule has 0 unspecified atom stereocenters. The summed E-state index contributed by atoms with van der Waals surface area (Å²) in [4.78, 5) is 15.3. The number of hydrogen-bond donors (Lipinski definition) is 1. The molecule has 0 aliphatic rings. The quantitative estimate of drug-likeness (QED) is 0.838. The van der Waals surface area contributed by atoms with Crippen molar-refractivity contribution in [2.45, 2.75) is 13.3 Å². The Morgan fingerprint density at radius 1 is 1.77 bits per heavy atom. The van der Waals surface area contributed by atoms with E-state index in [9.17, 15) is 4.79 Å². The molecule has 1 aromatic rings. The standard InChI is InChI=1S/C8H12N2OS2/c1-6-9-5-8(13-6)10-7(11)3-4-12-2/h5H,3-4H2,1-2H3,(H,10,11). The van der Waals surface area contributed by atoms with Crippen molar-refractivity contribution in [3.63, 3.8) is 0 Å². The third kappa shape index (κ3) is 3.78. The van der Waals surface area contributed by atoms with E-state index in [0.717, 1.165) is 15.8 Å². The maximum absolute atomic E-state index is 11.2. The summed E-state index contributed by atoms with van der Waals surface area (Å²) in [7, 11) is 0. The molecule has 0 radical (unpaired) electrons. The molecule has 0 spiro atoms. The highest BCUT2D eigenvalue weighted by Crippen LogP contribution is 2.17. The molecule has 1 heterocycles. The Bertz CT molecular complexity index is 285. The summed E-state index contributed by atoms with van der Waals surface area (Å²) in [5.41, 5.74) is 0. The summed E-state index contributed by atoms with van der Waals surface area (Å²) in [5, 5.41) is 4.61. The average molecular weight is 216 g/mol. The Kier molecular flexibility index (Phi) is 4.24. The largest absolute Gasteiger partial charge is 0.316 e. The van der Waals surface area contributed by atoms with Gasteiger partial charge < -0.3 is 5.32 Å². The van der Waals surface area contributed by atoms with Gasteiger partial charge in [0.15, 0.2) is 0 Å². The lowest BCUT2D eigenvalue weighted by Gasteiger charge is -1.99. The van der Waals surface area contributed by atoms with Crippen LogP contribution in [0, 0.1) is 6.92 Å². The van der Waals surface area contributed by atoms with E-state index in [4.69, 9.17) is 0 Å². The van der Waals surface area contributed by atoms with Gasteiger partial charge in [-0.25, -0.2) is 4.98 Å². The van der Waals surface area contributed by atoms with Gasteiger partial charge in [-0.2, -0.15) is 11.8 Å². The fourth-order valence-electron chi connectivity index (χ4n) is 0.814. The smallest absolute Gasteiger partial charge is 0.225 e. The minimum Gasteiger partial charge on any atom is -0.316 e. The second-order valence-electron chi connectivity index (χ2n) is 2.53. The Morgan fingerprint density at radius 3 is 3.08 bits per heavy atom. The van der Waals surface area contributed by atoms with Gasteiger partial charge >= 0.3 is 0 Å². The summed E-state index contributed by atoms with van der Waals surface area (Å²) >= 11 is 3.17. The Morgan fingerprint density at radius 2 is 2.54 bits per heavy atom. The number of amides is 1. The number of aryl methyl sites for hydroxylation is 1. The Labute approximate surface area is 86.0 Å². The zero-order chi connectivity index (χ0) is 9.68. The van der Waals surface area contributed by atoms with Gasteiger partial charge in [-0.05, 0) is 13.2 Å². The van der Waals surface area contributed by atoms with Crippen molar-refractivity contribution in [3.05, 3.63) is 11.2 Å². The molecular weight excluding hydrogens is 204 g/mol. The van der Waals surface area contributed by atoms with Gasteiger partial charge in [-0.1, -0.05) is 0 Å². The van der Waals surface area contributed by atoms with Crippen molar-refractivity contribution in [1.29, 1.82) is 0 Å². The number of nitrogens with zero attached hydrogens (tertiary/aromatic N) is 1. The second kappa shape index (κ2) is 5.24. The van der Waals surface area contributed by atoms with E-state index in [0.29, 0.717) is 6.42 Å². The number of thiazole rings is 1. The molecule has 0 atom stereocenters. The van der Waals surface area contributed by atoms with Crippen LogP contribution in [-0.4, -0.2) is 22.9 Å². The highest BCUT2D eigenvalue weighted by atomic mass is 32.2. The van der Waals surface area contributed by atoms with Crippen LogP contribution >= 0.6 is 23.1 Å². The molecule has 0 bridgehead atoms. The maximum atomic E-state index is 11.2. The number of aromatic nitrogens is 1. The van der Waals surface area contributed by atoms with E-state index in [-0.39, 0.29) is 5.91 Å². The van der Waals surface area contributed by atoms with Crippen LogP contribution in [0.5, 0.6) is 0 Å². The summed E-state index contributed by atoms with van der Waals surface area (Å²) in [5.74, 6) is 0.932. The number of rotatable bonds is 4. The van der Waals surface area contributed by atoms with E-state index in [1.807, 2.05) is 13.2 Å². The van der Waals surface area contributed by atoms with Crippen LogP contribution in [-0.2, 0) is 4.79 Å². The minimum absolute atomic E-state index is 0.0676. The van der Waals surface area contributed by atoms with Crippen molar-refractivity contribution in [3.8, 4) is 0 Å². The van der Waals surface area contributed by atoms with Crippen molar-refractivity contribution in [1.82, 2.24) is 4.98 Å². The normalized spacial score (nSPS) is 10.0. The number of hydrogen-bond acceptors (Lipinski definition) is 4. The first-order chi connectivity index (χ1) is 6.22. The molecule has 3 nitrogen and oxygen atoms in total. The molecule has 1 N–H and O–H groups in total. The molecule has 0 saturated carbocycles. The first-order valence-electron chi connectivity index (χ1n) is 3.93. The van der Waals surface area contributed by atoms with Gasteiger partial charge in [0.2, 0.25) is 5.91 Å². The molecule has 0 aliphatic heterocycles. The molecule has 72 valence electrons. The van der Waals surface area contributed by atoms with Gasteiger partial charge in [0.1, 0.15) is 5.00 Å². The van der Waals surface area contributed by atoms with Gasteiger partial charge in [-0.3, -0.25) is 4.79 Å². The SMILES string of the molecule is CSCCC(=O)Nc1cnc(C)s1. The molecule has 13 heavy (non-hydrogen) atoms. The fourth-order valence-corrected chi connectivity index (χ4v) is 1.90. The van der Waals surface area contributed by atoms with Crippen LogP contribution in [0.15, 0.2) is 6.20 Å². The van der Waals surface area contributed by atoms with Crippen molar-refractivity contribution in [2.24, 2.45) is 0 Å². The van der Waals surface area contributed by atoms with Crippen LogP contribution in [0.4, 0.5) is 5.00 Å². The third-order valence-electron chi connectivity index (χ3n) is 1.42. The van der Waals surface area contributed by atoms with Crippen LogP contribution in [0.3, 0.4) is 0 Å². The summed E-state index contributed by atoms with van der Waals surface area (Å²) < 4.78 is 0. The van der Waals surface area contributed by atoms with Gasteiger partial charge in [-0.15, -0.1) is 11.3 Å². The monoisotopic (exact) mass is 216 g/mol. The molecule has 0 fully saturated rings. The zero-order valence-electron chi connectivity index (χ0n) is 7.66. The van der Waals surface area contributed by atoms with E-state index in [2.05, 4.69) is 10.3 Å². The first kappa shape index (κ1) is 10.5. The lowest BCUT2D eigenvalue weighted by molar-refractivity contribution is -0.115. The van der Waals surface area contributed by atoms with Crippen LogP contribution in [0.25, 0.3) is 0 Å². The van der Waals surface area contributed by atoms with Gasteiger partial charge in [0.05, 0.1) is 11.2 Å². The molecule has 0 aliphatic carbocycles. The maximum Gasteiger partial charge on any atom is 0.225 e. The summed E-state index contributed by atoms with van der Waals surface area (Å²) in [6.45, 7) is 1.92. The molecule has 0 saturated heterocycles. The predicted octanol–water partition coefficient (Wildman–Crippen LogP) is 2.14. The van der Waals surface area contributed by atoms with Crippen LogP contribution in [0.2, 0.25) is 0 Å². The van der Waals surface area contributed by atoms with E-state index in [1.54, 1.807) is 18.0 Å². The first-order valence-corrected chi connectivity index (χ1v) is 6.14. The molecular formula is C8H12N2OS2. The van der Waals surface area contributed by atoms with E-state index < -0.39 is 0 Å². The van der Waals surface area contributed by atoms with E-state index >= 15 is 0 Å². The molecule has 1 amide bonds. The van der Waals surface area contributed by atoms with Crippen molar-refractivity contribution < 1.29 is 4.79 Å². The lowest BCUT2D eigenvalue weighted by atomic mass is 10.4. The van der Waals surface area contributed by atoms with Crippen LogP contribution in [0.1, 0.15) is 11.4 Å². The summed E-state index contributed by atoms with van der Waals surface area (Å²) in [6.07, 6.45) is 4.25. The number of carbonyl (C=O) groups excluding carboxylic acids is 1.